The van der Waals surface area contributed by atoms with Crippen LogP contribution in [0.15, 0.2) is 24.5 Å². The van der Waals surface area contributed by atoms with Gasteiger partial charge in [0.25, 0.3) is 0 Å². The zero-order valence-electron chi connectivity index (χ0n) is 9.59. The molecule has 0 atom stereocenters. The highest BCUT2D eigenvalue weighted by molar-refractivity contribution is 5.09. The first-order chi connectivity index (χ1) is 6.64. The molecule has 0 radical (unpaired) electrons. The molecule has 1 heterocycles. The van der Waals surface area contributed by atoms with Crippen molar-refractivity contribution in [2.24, 2.45) is 5.41 Å². The van der Waals surface area contributed by atoms with Gasteiger partial charge in [0.2, 0.25) is 0 Å². The van der Waals surface area contributed by atoms with Gasteiger partial charge in [-0.05, 0) is 42.4 Å². The summed E-state index contributed by atoms with van der Waals surface area (Å²) in [4.78, 5) is 4.03. The quantitative estimate of drug-likeness (QED) is 0.689. The molecule has 0 saturated heterocycles. The lowest BCUT2D eigenvalue weighted by atomic mass is 9.82. The summed E-state index contributed by atoms with van der Waals surface area (Å²) < 4.78 is 0. The van der Waals surface area contributed by atoms with Crippen LogP contribution in [0.1, 0.15) is 45.6 Å². The van der Waals surface area contributed by atoms with Crippen molar-refractivity contribution < 1.29 is 0 Å². The second kappa shape index (κ2) is 5.14. The average molecular weight is 191 g/mol. The van der Waals surface area contributed by atoms with Gasteiger partial charge in [0, 0.05) is 12.4 Å². The first-order valence-electron chi connectivity index (χ1n) is 5.53. The zero-order valence-corrected chi connectivity index (χ0v) is 9.59. The fourth-order valence-corrected chi connectivity index (χ4v) is 1.83. The van der Waals surface area contributed by atoms with Crippen molar-refractivity contribution in [1.82, 2.24) is 4.98 Å². The molecule has 1 aromatic heterocycles. The molecule has 1 rings (SSSR count). The van der Waals surface area contributed by atoms with Crippen LogP contribution in [-0.2, 0) is 6.42 Å². The number of aromatic nitrogens is 1. The third kappa shape index (κ3) is 3.91. The molecule has 1 nitrogen and oxygen atoms in total. The van der Waals surface area contributed by atoms with Crippen LogP contribution in [0.3, 0.4) is 0 Å². The average Bonchev–Trinajstić information content (AvgIpc) is 2.17. The summed E-state index contributed by atoms with van der Waals surface area (Å²) in [6.07, 6.45) is 8.80. The van der Waals surface area contributed by atoms with E-state index >= 15 is 0 Å². The van der Waals surface area contributed by atoms with Gasteiger partial charge < -0.3 is 0 Å². The summed E-state index contributed by atoms with van der Waals surface area (Å²) in [5.41, 5.74) is 1.89. The fourth-order valence-electron chi connectivity index (χ4n) is 1.83. The van der Waals surface area contributed by atoms with Gasteiger partial charge in [-0.2, -0.15) is 0 Å². The number of hydrogen-bond donors (Lipinski definition) is 0. The van der Waals surface area contributed by atoms with Gasteiger partial charge in [0.05, 0.1) is 0 Å². The molecule has 1 aromatic rings. The molecule has 0 aliphatic heterocycles. The lowest BCUT2D eigenvalue weighted by Crippen LogP contribution is -2.11. The number of rotatable bonds is 5. The largest absolute Gasteiger partial charge is 0.265 e. The Balaban J connectivity index is 2.40. The Kier molecular flexibility index (Phi) is 4.12. The molecule has 1 heteroatoms. The van der Waals surface area contributed by atoms with E-state index < -0.39 is 0 Å². The van der Waals surface area contributed by atoms with Gasteiger partial charge in [-0.1, -0.05) is 27.2 Å². The van der Waals surface area contributed by atoms with Gasteiger partial charge in [0.15, 0.2) is 0 Å². The van der Waals surface area contributed by atoms with Crippen molar-refractivity contribution in [1.29, 1.82) is 0 Å². The molecule has 0 aromatic carbocycles. The van der Waals surface area contributed by atoms with E-state index in [1.807, 2.05) is 12.4 Å². The fraction of sp³-hybridized carbons (Fsp3) is 0.615. The molecule has 0 saturated carbocycles. The Morgan fingerprint density at radius 3 is 2.36 bits per heavy atom. The molecule has 0 bridgehead atoms. The summed E-state index contributed by atoms with van der Waals surface area (Å²) >= 11 is 0. The van der Waals surface area contributed by atoms with Crippen LogP contribution in [0, 0.1) is 5.41 Å². The number of hydrogen-bond acceptors (Lipinski definition) is 1. The lowest BCUT2D eigenvalue weighted by Gasteiger charge is -2.23. The number of aryl methyl sites for hydroxylation is 1. The molecule has 0 spiro atoms. The SMILES string of the molecule is CCCC(C)(C)CCc1ccncc1. The smallest absolute Gasteiger partial charge is 0.0270 e. The Morgan fingerprint density at radius 1 is 1.14 bits per heavy atom. The second-order valence-electron chi connectivity index (χ2n) is 4.77. The van der Waals surface area contributed by atoms with Crippen LogP contribution in [0.4, 0.5) is 0 Å². The summed E-state index contributed by atoms with van der Waals surface area (Å²) in [5.74, 6) is 0. The topological polar surface area (TPSA) is 12.9 Å². The molecule has 0 aliphatic rings. The van der Waals surface area contributed by atoms with Crippen molar-refractivity contribution in [3.05, 3.63) is 30.1 Å². The van der Waals surface area contributed by atoms with Gasteiger partial charge in [-0.25, -0.2) is 0 Å². The minimum atomic E-state index is 0.484. The van der Waals surface area contributed by atoms with E-state index in [1.54, 1.807) is 0 Å². The summed E-state index contributed by atoms with van der Waals surface area (Å²) in [5, 5.41) is 0. The highest BCUT2D eigenvalue weighted by Crippen LogP contribution is 2.28. The lowest BCUT2D eigenvalue weighted by molar-refractivity contribution is 0.304. The maximum Gasteiger partial charge on any atom is 0.0270 e. The molecule has 0 fully saturated rings. The molecule has 0 N–H and O–H groups in total. The van der Waals surface area contributed by atoms with Crippen LogP contribution in [0.2, 0.25) is 0 Å². The Morgan fingerprint density at radius 2 is 1.79 bits per heavy atom. The van der Waals surface area contributed by atoms with Crippen LogP contribution < -0.4 is 0 Å². The van der Waals surface area contributed by atoms with Gasteiger partial charge >= 0.3 is 0 Å². The summed E-state index contributed by atoms with van der Waals surface area (Å²) in [6, 6.07) is 4.23. The van der Waals surface area contributed by atoms with Crippen molar-refractivity contribution in [2.45, 2.75) is 46.5 Å². The monoisotopic (exact) mass is 191 g/mol. The van der Waals surface area contributed by atoms with Gasteiger partial charge in [-0.3, -0.25) is 4.98 Å². The first-order valence-corrected chi connectivity index (χ1v) is 5.53. The minimum absolute atomic E-state index is 0.484. The molecular weight excluding hydrogens is 170 g/mol. The molecule has 0 amide bonds. The van der Waals surface area contributed by atoms with E-state index in [0.29, 0.717) is 5.41 Å². The van der Waals surface area contributed by atoms with Crippen LogP contribution in [-0.4, -0.2) is 4.98 Å². The Hall–Kier alpha value is -0.850. The van der Waals surface area contributed by atoms with Crippen molar-refractivity contribution >= 4 is 0 Å². The normalized spacial score (nSPS) is 11.6. The van der Waals surface area contributed by atoms with E-state index in [4.69, 9.17) is 0 Å². The van der Waals surface area contributed by atoms with Gasteiger partial charge in [0.1, 0.15) is 0 Å². The van der Waals surface area contributed by atoms with E-state index in [2.05, 4.69) is 37.9 Å². The predicted molar refractivity (Wildman–Crippen MR) is 61.2 cm³/mol. The van der Waals surface area contributed by atoms with Crippen LogP contribution in [0.25, 0.3) is 0 Å². The highest BCUT2D eigenvalue weighted by Gasteiger charge is 2.15. The Bertz CT molecular complexity index is 251. The van der Waals surface area contributed by atoms with E-state index in [9.17, 15) is 0 Å². The maximum absolute atomic E-state index is 4.03. The third-order valence-electron chi connectivity index (χ3n) is 2.77. The van der Waals surface area contributed by atoms with E-state index in [-0.39, 0.29) is 0 Å². The number of nitrogens with zero attached hydrogens (tertiary/aromatic N) is 1. The van der Waals surface area contributed by atoms with Crippen molar-refractivity contribution in [3.8, 4) is 0 Å². The van der Waals surface area contributed by atoms with E-state index in [1.165, 1.54) is 31.2 Å². The minimum Gasteiger partial charge on any atom is -0.265 e. The predicted octanol–water partition coefficient (Wildman–Crippen LogP) is 3.84. The summed E-state index contributed by atoms with van der Waals surface area (Å²) in [6.45, 7) is 6.98. The van der Waals surface area contributed by atoms with Gasteiger partial charge in [-0.15, -0.1) is 0 Å². The Labute approximate surface area is 87.6 Å². The first kappa shape index (κ1) is 11.2. The van der Waals surface area contributed by atoms with Crippen molar-refractivity contribution in [2.75, 3.05) is 0 Å². The van der Waals surface area contributed by atoms with Crippen LogP contribution >= 0.6 is 0 Å². The van der Waals surface area contributed by atoms with Crippen LogP contribution in [0.5, 0.6) is 0 Å². The number of pyridine rings is 1. The zero-order chi connectivity index (χ0) is 10.4. The highest BCUT2D eigenvalue weighted by atomic mass is 14.6. The molecule has 14 heavy (non-hydrogen) atoms. The maximum atomic E-state index is 4.03. The molecular formula is C13H21N. The molecule has 0 aliphatic carbocycles. The third-order valence-corrected chi connectivity index (χ3v) is 2.77. The van der Waals surface area contributed by atoms with E-state index in [0.717, 1.165) is 0 Å². The molecule has 78 valence electrons. The standard InChI is InChI=1S/C13H21N/c1-4-8-13(2,3)9-5-12-6-10-14-11-7-12/h6-7,10-11H,4-5,8-9H2,1-3H3. The summed E-state index contributed by atoms with van der Waals surface area (Å²) in [7, 11) is 0. The second-order valence-corrected chi connectivity index (χ2v) is 4.77. The van der Waals surface area contributed by atoms with Crippen molar-refractivity contribution in [3.63, 3.8) is 0 Å². The molecule has 0 unspecified atom stereocenters.